The minimum Gasteiger partial charge on any atom is -0.494 e. The fourth-order valence-electron chi connectivity index (χ4n) is 2.45. The van der Waals surface area contributed by atoms with Crippen LogP contribution in [0.2, 0.25) is 0 Å². The number of hydrogen-bond donors (Lipinski definition) is 1. The predicted octanol–water partition coefficient (Wildman–Crippen LogP) is 3.38. The molecule has 0 spiro atoms. The summed E-state index contributed by atoms with van der Waals surface area (Å²) >= 11 is 0. The molecule has 0 heterocycles. The fraction of sp³-hybridized carbons (Fsp3) is 0.333. The van der Waals surface area contributed by atoms with Crippen molar-refractivity contribution in [2.45, 2.75) is 37.6 Å². The highest BCUT2D eigenvalue weighted by molar-refractivity contribution is 7.89. The normalized spacial score (nSPS) is 12.1. The molecule has 0 atom stereocenters. The van der Waals surface area contributed by atoms with Crippen molar-refractivity contribution in [2.24, 2.45) is 0 Å². The molecule has 2 aromatic rings. The molecule has 2 aromatic carbocycles. The molecule has 0 aliphatic heterocycles. The first-order valence-corrected chi connectivity index (χ1v) is 9.11. The molecule has 0 radical (unpaired) electrons. The fourth-order valence-corrected chi connectivity index (χ4v) is 3.86. The van der Waals surface area contributed by atoms with Crippen LogP contribution in [0.5, 0.6) is 5.75 Å². The third kappa shape index (κ3) is 5.08. The largest absolute Gasteiger partial charge is 0.494 e. The molecular weight excluding hydrogens is 310 g/mol. The summed E-state index contributed by atoms with van der Waals surface area (Å²) in [7, 11) is -3.58. The number of sulfonamides is 1. The molecule has 0 amide bonds. The second kappa shape index (κ2) is 7.15. The van der Waals surface area contributed by atoms with Gasteiger partial charge in [0, 0.05) is 5.54 Å². The Bertz CT molecular complexity index is 723. The van der Waals surface area contributed by atoms with Crippen molar-refractivity contribution >= 4 is 10.0 Å². The molecule has 5 heteroatoms. The van der Waals surface area contributed by atoms with Crippen molar-refractivity contribution in [3.05, 3.63) is 60.2 Å². The molecule has 124 valence electrons. The standard InChI is InChI=1S/C18H23NO3S/c1-4-22-16-10-12-17(13-11-16)23(20,21)19-18(2,3)14-15-8-6-5-7-9-15/h5-13,19H,4,14H2,1-3H3. The van der Waals surface area contributed by atoms with Gasteiger partial charge in [0.25, 0.3) is 0 Å². The Balaban J connectivity index is 2.13. The zero-order valence-electron chi connectivity index (χ0n) is 13.7. The van der Waals surface area contributed by atoms with Crippen LogP contribution in [-0.2, 0) is 16.4 Å². The van der Waals surface area contributed by atoms with Gasteiger partial charge in [-0.25, -0.2) is 13.1 Å². The Morgan fingerprint density at radius 3 is 2.17 bits per heavy atom. The van der Waals surface area contributed by atoms with E-state index in [1.807, 2.05) is 51.1 Å². The highest BCUT2D eigenvalue weighted by Gasteiger charge is 2.26. The molecule has 0 aliphatic carbocycles. The molecule has 0 unspecified atom stereocenters. The molecule has 0 aliphatic rings. The molecule has 0 saturated carbocycles. The quantitative estimate of drug-likeness (QED) is 0.845. The number of ether oxygens (including phenoxy) is 1. The highest BCUT2D eigenvalue weighted by atomic mass is 32.2. The molecular formula is C18H23NO3S. The summed E-state index contributed by atoms with van der Waals surface area (Å²) in [4.78, 5) is 0.238. The van der Waals surface area contributed by atoms with Crippen molar-refractivity contribution in [3.8, 4) is 5.75 Å². The van der Waals surface area contributed by atoms with Gasteiger partial charge in [0.1, 0.15) is 5.75 Å². The minimum absolute atomic E-state index is 0.238. The smallest absolute Gasteiger partial charge is 0.241 e. The maximum Gasteiger partial charge on any atom is 0.241 e. The van der Waals surface area contributed by atoms with E-state index in [-0.39, 0.29) is 4.90 Å². The van der Waals surface area contributed by atoms with E-state index in [0.29, 0.717) is 18.8 Å². The van der Waals surface area contributed by atoms with Gasteiger partial charge in [0.05, 0.1) is 11.5 Å². The molecule has 0 saturated heterocycles. The molecule has 0 bridgehead atoms. The Kier molecular flexibility index (Phi) is 5.44. The summed E-state index contributed by atoms with van der Waals surface area (Å²) in [5, 5.41) is 0. The van der Waals surface area contributed by atoms with E-state index in [0.717, 1.165) is 5.56 Å². The van der Waals surface area contributed by atoms with Crippen molar-refractivity contribution in [1.29, 1.82) is 0 Å². The summed E-state index contributed by atoms with van der Waals surface area (Å²) in [5.74, 6) is 0.662. The van der Waals surface area contributed by atoms with E-state index >= 15 is 0 Å². The van der Waals surface area contributed by atoms with E-state index in [2.05, 4.69) is 4.72 Å². The average Bonchev–Trinajstić information content (AvgIpc) is 2.47. The Morgan fingerprint density at radius 2 is 1.61 bits per heavy atom. The van der Waals surface area contributed by atoms with E-state index in [1.54, 1.807) is 24.3 Å². The van der Waals surface area contributed by atoms with E-state index < -0.39 is 15.6 Å². The van der Waals surface area contributed by atoms with Crippen LogP contribution in [0, 0.1) is 0 Å². The summed E-state index contributed by atoms with van der Waals surface area (Å²) in [6.45, 7) is 6.20. The topological polar surface area (TPSA) is 55.4 Å². The average molecular weight is 333 g/mol. The van der Waals surface area contributed by atoms with Gasteiger partial charge in [-0.15, -0.1) is 0 Å². The van der Waals surface area contributed by atoms with Crippen LogP contribution in [0.25, 0.3) is 0 Å². The first-order chi connectivity index (χ1) is 10.8. The zero-order chi connectivity index (χ0) is 16.9. The van der Waals surface area contributed by atoms with Gasteiger partial charge < -0.3 is 4.74 Å². The molecule has 2 rings (SSSR count). The van der Waals surface area contributed by atoms with E-state index in [4.69, 9.17) is 4.74 Å². The molecule has 23 heavy (non-hydrogen) atoms. The SMILES string of the molecule is CCOc1ccc(S(=O)(=O)NC(C)(C)Cc2ccccc2)cc1. The molecule has 1 N–H and O–H groups in total. The summed E-state index contributed by atoms with van der Waals surface area (Å²) in [5.41, 5.74) is 0.505. The predicted molar refractivity (Wildman–Crippen MR) is 92.2 cm³/mol. The van der Waals surface area contributed by atoms with Crippen LogP contribution in [0.1, 0.15) is 26.3 Å². The van der Waals surface area contributed by atoms with Crippen molar-refractivity contribution in [2.75, 3.05) is 6.61 Å². The van der Waals surface area contributed by atoms with Crippen molar-refractivity contribution < 1.29 is 13.2 Å². The third-order valence-electron chi connectivity index (χ3n) is 3.34. The number of benzene rings is 2. The van der Waals surface area contributed by atoms with E-state index in [1.165, 1.54) is 0 Å². The second-order valence-corrected chi connectivity index (χ2v) is 7.74. The van der Waals surface area contributed by atoms with Gasteiger partial charge in [-0.05, 0) is 57.0 Å². The molecule has 0 fully saturated rings. The van der Waals surface area contributed by atoms with Crippen molar-refractivity contribution in [3.63, 3.8) is 0 Å². The van der Waals surface area contributed by atoms with Gasteiger partial charge in [-0.1, -0.05) is 30.3 Å². The lowest BCUT2D eigenvalue weighted by molar-refractivity contribution is 0.340. The highest BCUT2D eigenvalue weighted by Crippen LogP contribution is 2.19. The van der Waals surface area contributed by atoms with Crippen molar-refractivity contribution in [1.82, 2.24) is 4.72 Å². The minimum atomic E-state index is -3.58. The van der Waals surface area contributed by atoms with Gasteiger partial charge >= 0.3 is 0 Å². The van der Waals surface area contributed by atoms with Crippen LogP contribution in [0.15, 0.2) is 59.5 Å². The third-order valence-corrected chi connectivity index (χ3v) is 5.06. The maximum absolute atomic E-state index is 12.6. The lowest BCUT2D eigenvalue weighted by atomic mass is 9.96. The van der Waals surface area contributed by atoms with Gasteiger partial charge in [-0.2, -0.15) is 0 Å². The summed E-state index contributed by atoms with van der Waals surface area (Å²) in [6, 6.07) is 16.3. The lowest BCUT2D eigenvalue weighted by Crippen LogP contribution is -2.44. The molecule has 0 aromatic heterocycles. The number of hydrogen-bond acceptors (Lipinski definition) is 3. The van der Waals surface area contributed by atoms with Crippen LogP contribution in [-0.4, -0.2) is 20.6 Å². The molecule has 4 nitrogen and oxygen atoms in total. The first kappa shape index (κ1) is 17.5. The number of nitrogens with one attached hydrogen (secondary N) is 1. The van der Waals surface area contributed by atoms with Gasteiger partial charge in [0.15, 0.2) is 0 Å². The Morgan fingerprint density at radius 1 is 1.00 bits per heavy atom. The Hall–Kier alpha value is -1.85. The van der Waals surface area contributed by atoms with Gasteiger partial charge in [0.2, 0.25) is 10.0 Å². The summed E-state index contributed by atoms with van der Waals surface area (Å²) < 4.78 is 33.2. The summed E-state index contributed by atoms with van der Waals surface area (Å²) in [6.07, 6.45) is 0.615. The van der Waals surface area contributed by atoms with E-state index in [9.17, 15) is 8.42 Å². The van der Waals surface area contributed by atoms with Crippen LogP contribution in [0.4, 0.5) is 0 Å². The van der Waals surface area contributed by atoms with Crippen LogP contribution < -0.4 is 9.46 Å². The van der Waals surface area contributed by atoms with Crippen LogP contribution in [0.3, 0.4) is 0 Å². The lowest BCUT2D eigenvalue weighted by Gasteiger charge is -2.26. The van der Waals surface area contributed by atoms with Crippen LogP contribution >= 0.6 is 0 Å². The number of rotatable bonds is 7. The van der Waals surface area contributed by atoms with Gasteiger partial charge in [-0.3, -0.25) is 0 Å². The zero-order valence-corrected chi connectivity index (χ0v) is 14.6. The maximum atomic E-state index is 12.6. The monoisotopic (exact) mass is 333 g/mol. The second-order valence-electron chi connectivity index (χ2n) is 6.06. The Labute approximate surface area is 138 Å². The first-order valence-electron chi connectivity index (χ1n) is 7.63.